The largest absolute Gasteiger partial charge is 0.333 e. The van der Waals surface area contributed by atoms with Crippen molar-refractivity contribution in [1.29, 1.82) is 0 Å². The van der Waals surface area contributed by atoms with Crippen molar-refractivity contribution in [2.75, 3.05) is 0 Å². The molecule has 116 valence electrons. The standard InChI is InChI=1S/C15H22N2O3S/c1-4-12-7-6-11(3)17(12)15(18)13-9-10(2)5-8-14(13)21(16,19)20/h5,8-9,11-12H,4,6-7H2,1-3H3,(H2,16,19,20). The van der Waals surface area contributed by atoms with Gasteiger partial charge in [-0.1, -0.05) is 18.6 Å². The number of nitrogens with zero attached hydrogens (tertiary/aromatic N) is 1. The molecule has 1 fully saturated rings. The van der Waals surface area contributed by atoms with E-state index in [1.165, 1.54) is 6.07 Å². The average Bonchev–Trinajstić information content (AvgIpc) is 2.77. The molecule has 2 atom stereocenters. The molecule has 1 aromatic carbocycles. The lowest BCUT2D eigenvalue weighted by Crippen LogP contribution is -2.40. The van der Waals surface area contributed by atoms with Crippen LogP contribution in [0.25, 0.3) is 0 Å². The van der Waals surface area contributed by atoms with E-state index in [2.05, 4.69) is 0 Å². The first-order valence-corrected chi connectivity index (χ1v) is 8.76. The molecule has 0 spiro atoms. The Bertz CT molecular complexity index is 655. The number of amides is 1. The van der Waals surface area contributed by atoms with E-state index in [1.807, 2.05) is 25.7 Å². The van der Waals surface area contributed by atoms with Crippen molar-refractivity contribution in [1.82, 2.24) is 4.90 Å². The van der Waals surface area contributed by atoms with Crippen LogP contribution in [-0.4, -0.2) is 31.3 Å². The fraction of sp³-hybridized carbons (Fsp3) is 0.533. The molecule has 1 aromatic rings. The zero-order valence-electron chi connectivity index (χ0n) is 12.7. The van der Waals surface area contributed by atoms with E-state index in [1.54, 1.807) is 12.1 Å². The van der Waals surface area contributed by atoms with Crippen molar-refractivity contribution >= 4 is 15.9 Å². The van der Waals surface area contributed by atoms with Gasteiger partial charge in [0.25, 0.3) is 5.91 Å². The fourth-order valence-electron chi connectivity index (χ4n) is 3.04. The molecule has 0 aliphatic carbocycles. The number of rotatable bonds is 3. The Morgan fingerprint density at radius 3 is 2.62 bits per heavy atom. The van der Waals surface area contributed by atoms with Gasteiger partial charge in [0, 0.05) is 12.1 Å². The molecule has 2 N–H and O–H groups in total. The number of sulfonamides is 1. The Morgan fingerprint density at radius 2 is 2.05 bits per heavy atom. The number of benzene rings is 1. The highest BCUT2D eigenvalue weighted by Gasteiger charge is 2.35. The van der Waals surface area contributed by atoms with Crippen molar-refractivity contribution in [3.05, 3.63) is 29.3 Å². The summed E-state index contributed by atoms with van der Waals surface area (Å²) < 4.78 is 23.4. The van der Waals surface area contributed by atoms with Crippen LogP contribution in [0.2, 0.25) is 0 Å². The van der Waals surface area contributed by atoms with Gasteiger partial charge in [0.2, 0.25) is 10.0 Å². The first-order valence-electron chi connectivity index (χ1n) is 7.21. The molecular formula is C15H22N2O3S. The van der Waals surface area contributed by atoms with Gasteiger partial charge in [0.1, 0.15) is 0 Å². The van der Waals surface area contributed by atoms with Crippen LogP contribution in [-0.2, 0) is 10.0 Å². The number of aryl methyl sites for hydroxylation is 1. The summed E-state index contributed by atoms with van der Waals surface area (Å²) in [7, 11) is -3.91. The maximum atomic E-state index is 12.9. The van der Waals surface area contributed by atoms with E-state index in [9.17, 15) is 13.2 Å². The number of carbonyl (C=O) groups excluding carboxylic acids is 1. The summed E-state index contributed by atoms with van der Waals surface area (Å²) in [6.45, 7) is 5.87. The lowest BCUT2D eigenvalue weighted by atomic mass is 10.1. The quantitative estimate of drug-likeness (QED) is 0.927. The van der Waals surface area contributed by atoms with Gasteiger partial charge in [-0.3, -0.25) is 4.79 Å². The predicted octanol–water partition coefficient (Wildman–Crippen LogP) is 2.05. The first kappa shape index (κ1) is 16.0. The lowest BCUT2D eigenvalue weighted by Gasteiger charge is -2.28. The molecule has 1 saturated heterocycles. The van der Waals surface area contributed by atoms with E-state index in [4.69, 9.17) is 5.14 Å². The van der Waals surface area contributed by atoms with E-state index in [0.29, 0.717) is 0 Å². The van der Waals surface area contributed by atoms with Crippen molar-refractivity contribution < 1.29 is 13.2 Å². The van der Waals surface area contributed by atoms with Gasteiger partial charge < -0.3 is 4.90 Å². The number of hydrogen-bond acceptors (Lipinski definition) is 3. The van der Waals surface area contributed by atoms with Crippen LogP contribution >= 0.6 is 0 Å². The number of nitrogens with two attached hydrogens (primary N) is 1. The van der Waals surface area contributed by atoms with Gasteiger partial charge in [-0.2, -0.15) is 0 Å². The normalized spacial score (nSPS) is 22.6. The van der Waals surface area contributed by atoms with Gasteiger partial charge in [-0.25, -0.2) is 13.6 Å². The molecule has 21 heavy (non-hydrogen) atoms. The summed E-state index contributed by atoms with van der Waals surface area (Å²) in [6, 6.07) is 4.97. The molecular weight excluding hydrogens is 288 g/mol. The zero-order chi connectivity index (χ0) is 15.8. The fourth-order valence-corrected chi connectivity index (χ4v) is 3.75. The molecule has 1 aliphatic rings. The summed E-state index contributed by atoms with van der Waals surface area (Å²) in [5.41, 5.74) is 1.02. The Hall–Kier alpha value is -1.40. The van der Waals surface area contributed by atoms with Crippen LogP contribution in [0.1, 0.15) is 49.0 Å². The second kappa shape index (κ2) is 5.77. The van der Waals surface area contributed by atoms with Crippen LogP contribution < -0.4 is 5.14 Å². The summed E-state index contributed by atoms with van der Waals surface area (Å²) in [5.74, 6) is -0.237. The van der Waals surface area contributed by atoms with Gasteiger partial charge in [-0.15, -0.1) is 0 Å². The van der Waals surface area contributed by atoms with Gasteiger partial charge in [0.05, 0.1) is 10.5 Å². The minimum Gasteiger partial charge on any atom is -0.333 e. The molecule has 0 radical (unpaired) electrons. The molecule has 2 unspecified atom stereocenters. The van der Waals surface area contributed by atoms with Crippen molar-refractivity contribution in [3.8, 4) is 0 Å². The minimum absolute atomic E-state index is 0.0907. The minimum atomic E-state index is -3.91. The molecule has 0 bridgehead atoms. The smallest absolute Gasteiger partial charge is 0.255 e. The molecule has 2 rings (SSSR count). The highest BCUT2D eigenvalue weighted by Crippen LogP contribution is 2.29. The van der Waals surface area contributed by atoms with Crippen molar-refractivity contribution in [2.24, 2.45) is 5.14 Å². The number of carbonyl (C=O) groups is 1. The number of primary sulfonamides is 1. The third-order valence-corrected chi connectivity index (χ3v) is 5.13. The van der Waals surface area contributed by atoms with Crippen molar-refractivity contribution in [3.63, 3.8) is 0 Å². The maximum Gasteiger partial charge on any atom is 0.255 e. The Labute approximate surface area is 126 Å². The predicted molar refractivity (Wildman–Crippen MR) is 81.5 cm³/mol. The SMILES string of the molecule is CCC1CCC(C)N1C(=O)c1cc(C)ccc1S(N)(=O)=O. The summed E-state index contributed by atoms with van der Waals surface area (Å²) >= 11 is 0. The van der Waals surface area contributed by atoms with E-state index >= 15 is 0 Å². The zero-order valence-corrected chi connectivity index (χ0v) is 13.5. The van der Waals surface area contributed by atoms with Gasteiger partial charge >= 0.3 is 0 Å². The number of hydrogen-bond donors (Lipinski definition) is 1. The van der Waals surface area contributed by atoms with Gasteiger partial charge in [0.15, 0.2) is 0 Å². The van der Waals surface area contributed by atoms with E-state index in [0.717, 1.165) is 24.8 Å². The Balaban J connectivity index is 2.50. The molecule has 5 nitrogen and oxygen atoms in total. The van der Waals surface area contributed by atoms with Crippen LogP contribution in [0.4, 0.5) is 0 Å². The molecule has 6 heteroatoms. The topological polar surface area (TPSA) is 80.5 Å². The highest BCUT2D eigenvalue weighted by atomic mass is 32.2. The molecule has 1 aliphatic heterocycles. The monoisotopic (exact) mass is 310 g/mol. The first-order chi connectivity index (χ1) is 9.75. The van der Waals surface area contributed by atoms with Gasteiger partial charge in [-0.05, 0) is 45.2 Å². The Morgan fingerprint density at radius 1 is 1.38 bits per heavy atom. The third kappa shape index (κ3) is 3.11. The molecule has 0 saturated carbocycles. The summed E-state index contributed by atoms with van der Waals surface area (Å²) in [6.07, 6.45) is 2.77. The third-order valence-electron chi connectivity index (χ3n) is 4.16. The summed E-state index contributed by atoms with van der Waals surface area (Å²) in [5, 5.41) is 5.25. The van der Waals surface area contributed by atoms with Crippen molar-refractivity contribution in [2.45, 2.75) is 57.0 Å². The maximum absolute atomic E-state index is 12.9. The highest BCUT2D eigenvalue weighted by molar-refractivity contribution is 7.89. The molecule has 1 amide bonds. The van der Waals surface area contributed by atoms with Crippen LogP contribution in [0.15, 0.2) is 23.1 Å². The lowest BCUT2D eigenvalue weighted by molar-refractivity contribution is 0.0672. The second-order valence-corrected chi connectivity index (χ2v) is 7.28. The van der Waals surface area contributed by atoms with E-state index in [-0.39, 0.29) is 28.4 Å². The molecule has 0 aromatic heterocycles. The van der Waals surface area contributed by atoms with E-state index < -0.39 is 10.0 Å². The van der Waals surface area contributed by atoms with Crippen LogP contribution in [0.5, 0.6) is 0 Å². The second-order valence-electron chi connectivity index (χ2n) is 5.75. The molecule has 1 heterocycles. The number of likely N-dealkylation sites (tertiary alicyclic amines) is 1. The summed E-state index contributed by atoms with van der Waals surface area (Å²) in [4.78, 5) is 14.6. The van der Waals surface area contributed by atoms with Crippen LogP contribution in [0.3, 0.4) is 0 Å². The Kier molecular flexibility index (Phi) is 4.39. The average molecular weight is 310 g/mol. The van der Waals surface area contributed by atoms with Crippen LogP contribution in [0, 0.1) is 6.92 Å².